The number of aryl methyl sites for hydroxylation is 1. The maximum Gasteiger partial charge on any atom is 0.251 e. The van der Waals surface area contributed by atoms with E-state index < -0.39 is 0 Å². The zero-order valence-electron chi connectivity index (χ0n) is 16.7. The van der Waals surface area contributed by atoms with E-state index in [9.17, 15) is 4.79 Å². The predicted molar refractivity (Wildman–Crippen MR) is 111 cm³/mol. The van der Waals surface area contributed by atoms with Crippen LogP contribution in [-0.2, 0) is 19.5 Å². The van der Waals surface area contributed by atoms with Gasteiger partial charge in [-0.2, -0.15) is 0 Å². The van der Waals surface area contributed by atoms with Crippen LogP contribution >= 0.6 is 0 Å². The Labute approximate surface area is 165 Å². The first-order chi connectivity index (χ1) is 13.5. The number of fused-ring (bicyclic) bond motifs is 3. The van der Waals surface area contributed by atoms with Crippen molar-refractivity contribution in [2.75, 3.05) is 0 Å². The predicted octanol–water partition coefficient (Wildman–Crippen LogP) is 4.34. The van der Waals surface area contributed by atoms with Crippen molar-refractivity contribution >= 4 is 16.9 Å². The summed E-state index contributed by atoms with van der Waals surface area (Å²) >= 11 is 0. The summed E-state index contributed by atoms with van der Waals surface area (Å²) in [6, 6.07) is 13.6. The van der Waals surface area contributed by atoms with Gasteiger partial charge in [-0.25, -0.2) is 4.98 Å². The van der Waals surface area contributed by atoms with Crippen LogP contribution in [0.25, 0.3) is 11.0 Å². The molecule has 0 fully saturated rings. The van der Waals surface area contributed by atoms with Crippen molar-refractivity contribution in [2.24, 2.45) is 5.92 Å². The van der Waals surface area contributed by atoms with Gasteiger partial charge in [-0.15, -0.1) is 0 Å². The van der Waals surface area contributed by atoms with E-state index in [1.165, 1.54) is 6.42 Å². The highest BCUT2D eigenvalue weighted by molar-refractivity contribution is 5.97. The molecule has 4 rings (SSSR count). The van der Waals surface area contributed by atoms with Gasteiger partial charge in [0.15, 0.2) is 0 Å². The fourth-order valence-corrected chi connectivity index (χ4v) is 3.73. The van der Waals surface area contributed by atoms with Crippen molar-refractivity contribution in [1.82, 2.24) is 14.9 Å². The summed E-state index contributed by atoms with van der Waals surface area (Å²) in [6.45, 7) is 7.76. The number of carbonyl (C=O) groups excluding carboxylic acids is 1. The van der Waals surface area contributed by atoms with Gasteiger partial charge in [0.2, 0.25) is 0 Å². The van der Waals surface area contributed by atoms with Gasteiger partial charge in [0, 0.05) is 25.1 Å². The Hall–Kier alpha value is -2.82. The van der Waals surface area contributed by atoms with Gasteiger partial charge in [-0.3, -0.25) is 4.79 Å². The van der Waals surface area contributed by atoms with Crippen LogP contribution in [0.15, 0.2) is 42.5 Å². The van der Waals surface area contributed by atoms with Crippen LogP contribution in [-0.4, -0.2) is 21.6 Å². The summed E-state index contributed by atoms with van der Waals surface area (Å²) in [7, 11) is 0. The van der Waals surface area contributed by atoms with E-state index >= 15 is 0 Å². The van der Waals surface area contributed by atoms with Gasteiger partial charge in [-0.05, 0) is 62.1 Å². The molecule has 1 amide bonds. The third kappa shape index (κ3) is 3.88. The number of imidazole rings is 1. The number of aromatic nitrogens is 2. The highest BCUT2D eigenvalue weighted by Gasteiger charge is 2.19. The summed E-state index contributed by atoms with van der Waals surface area (Å²) in [6.07, 6.45) is 2.34. The maximum atomic E-state index is 12.6. The van der Waals surface area contributed by atoms with Crippen molar-refractivity contribution in [1.29, 1.82) is 0 Å². The van der Waals surface area contributed by atoms with Crippen LogP contribution in [0.1, 0.15) is 48.9 Å². The number of ether oxygens (including phenoxy) is 1. The van der Waals surface area contributed by atoms with Crippen molar-refractivity contribution < 1.29 is 9.53 Å². The van der Waals surface area contributed by atoms with Crippen LogP contribution in [0, 0.1) is 5.92 Å². The van der Waals surface area contributed by atoms with Crippen molar-refractivity contribution in [3.63, 3.8) is 0 Å². The van der Waals surface area contributed by atoms with E-state index in [0.717, 1.165) is 41.1 Å². The highest BCUT2D eigenvalue weighted by atomic mass is 16.5. The molecule has 3 aromatic rings. The molecule has 0 spiro atoms. The van der Waals surface area contributed by atoms with Gasteiger partial charge < -0.3 is 14.6 Å². The number of amides is 1. The lowest BCUT2D eigenvalue weighted by atomic mass is 10.0. The molecule has 0 bridgehead atoms. The van der Waals surface area contributed by atoms with Crippen molar-refractivity contribution in [3.05, 3.63) is 59.4 Å². The lowest BCUT2D eigenvalue weighted by Gasteiger charge is -2.19. The largest absolute Gasteiger partial charge is 0.491 e. The topological polar surface area (TPSA) is 56.1 Å². The first-order valence-corrected chi connectivity index (χ1v) is 10.0. The molecule has 0 unspecified atom stereocenters. The summed E-state index contributed by atoms with van der Waals surface area (Å²) in [4.78, 5) is 17.4. The van der Waals surface area contributed by atoms with Gasteiger partial charge in [0.1, 0.15) is 11.6 Å². The smallest absolute Gasteiger partial charge is 0.251 e. The second kappa shape index (κ2) is 7.66. The number of hydrogen-bond donors (Lipinski definition) is 1. The molecule has 146 valence electrons. The molecule has 2 aromatic carbocycles. The SMILES string of the molecule is CC(C)Oc1ccc(CNC(=O)c2ccc3c(c2)nc2n3CC[C@@H](C)C2)cc1. The van der Waals surface area contributed by atoms with E-state index in [2.05, 4.69) is 16.8 Å². The fourth-order valence-electron chi connectivity index (χ4n) is 3.73. The molecule has 1 aliphatic rings. The molecule has 5 heteroatoms. The minimum atomic E-state index is -0.0799. The Kier molecular flexibility index (Phi) is 5.07. The standard InChI is InChI=1S/C23H27N3O2/c1-15(2)28-19-7-4-17(5-8-19)14-24-23(27)18-6-9-21-20(13-18)25-22-12-16(3)10-11-26(21)22/h4-9,13,15-16H,10-12,14H2,1-3H3,(H,24,27)/t16-/m1/s1. The second-order valence-electron chi connectivity index (χ2n) is 7.97. The molecule has 28 heavy (non-hydrogen) atoms. The lowest BCUT2D eigenvalue weighted by molar-refractivity contribution is 0.0951. The number of rotatable bonds is 5. The second-order valence-corrected chi connectivity index (χ2v) is 7.97. The Morgan fingerprint density at radius 1 is 1.25 bits per heavy atom. The fraction of sp³-hybridized carbons (Fsp3) is 0.391. The minimum Gasteiger partial charge on any atom is -0.491 e. The molecular weight excluding hydrogens is 350 g/mol. The molecule has 1 aliphatic heterocycles. The summed E-state index contributed by atoms with van der Waals surface area (Å²) in [5.74, 6) is 2.57. The maximum absolute atomic E-state index is 12.6. The monoisotopic (exact) mass is 377 g/mol. The molecular formula is C23H27N3O2. The molecule has 1 N–H and O–H groups in total. The normalized spacial score (nSPS) is 16.2. The average Bonchev–Trinajstić information content (AvgIpc) is 3.03. The van der Waals surface area contributed by atoms with Gasteiger partial charge in [-0.1, -0.05) is 19.1 Å². The Bertz CT molecular complexity index is 989. The van der Waals surface area contributed by atoms with Gasteiger partial charge >= 0.3 is 0 Å². The zero-order chi connectivity index (χ0) is 19.7. The first-order valence-electron chi connectivity index (χ1n) is 10.0. The number of benzene rings is 2. The Morgan fingerprint density at radius 3 is 2.79 bits per heavy atom. The number of hydrogen-bond acceptors (Lipinski definition) is 3. The van der Waals surface area contributed by atoms with E-state index in [1.807, 2.05) is 56.3 Å². The highest BCUT2D eigenvalue weighted by Crippen LogP contribution is 2.26. The van der Waals surface area contributed by atoms with E-state index in [0.29, 0.717) is 18.0 Å². The molecule has 0 saturated heterocycles. The van der Waals surface area contributed by atoms with Crippen LogP contribution in [0.5, 0.6) is 5.75 Å². The van der Waals surface area contributed by atoms with Crippen molar-refractivity contribution in [2.45, 2.75) is 52.8 Å². The first kappa shape index (κ1) is 18.5. The van der Waals surface area contributed by atoms with Crippen LogP contribution in [0.3, 0.4) is 0 Å². The number of carbonyl (C=O) groups is 1. The van der Waals surface area contributed by atoms with Crippen LogP contribution in [0.4, 0.5) is 0 Å². The van der Waals surface area contributed by atoms with Gasteiger partial charge in [0.05, 0.1) is 17.1 Å². The Morgan fingerprint density at radius 2 is 2.04 bits per heavy atom. The molecule has 1 aromatic heterocycles. The average molecular weight is 377 g/mol. The molecule has 2 heterocycles. The van der Waals surface area contributed by atoms with E-state index in [4.69, 9.17) is 9.72 Å². The summed E-state index contributed by atoms with van der Waals surface area (Å²) < 4.78 is 7.94. The molecule has 0 aliphatic carbocycles. The third-order valence-corrected chi connectivity index (χ3v) is 5.21. The minimum absolute atomic E-state index is 0.0799. The quantitative estimate of drug-likeness (QED) is 0.720. The third-order valence-electron chi connectivity index (χ3n) is 5.21. The Balaban J connectivity index is 1.44. The van der Waals surface area contributed by atoms with Crippen LogP contribution < -0.4 is 10.1 Å². The van der Waals surface area contributed by atoms with Crippen LogP contribution in [0.2, 0.25) is 0 Å². The van der Waals surface area contributed by atoms with E-state index in [1.54, 1.807) is 0 Å². The molecule has 5 nitrogen and oxygen atoms in total. The zero-order valence-corrected chi connectivity index (χ0v) is 16.7. The summed E-state index contributed by atoms with van der Waals surface area (Å²) in [5, 5.41) is 2.99. The molecule has 1 atom stereocenters. The number of nitrogens with one attached hydrogen (secondary N) is 1. The molecule has 0 radical (unpaired) electrons. The lowest BCUT2D eigenvalue weighted by Crippen LogP contribution is -2.22. The van der Waals surface area contributed by atoms with Gasteiger partial charge in [0.25, 0.3) is 5.91 Å². The van der Waals surface area contributed by atoms with Crippen molar-refractivity contribution in [3.8, 4) is 5.75 Å². The van der Waals surface area contributed by atoms with E-state index in [-0.39, 0.29) is 12.0 Å². The number of nitrogens with zero attached hydrogens (tertiary/aromatic N) is 2. The summed E-state index contributed by atoms with van der Waals surface area (Å²) in [5.41, 5.74) is 3.72. The molecule has 0 saturated carbocycles.